The molecule has 102 valence electrons. The molecule has 2 unspecified atom stereocenters. The molecule has 1 fully saturated rings. The zero-order valence-electron chi connectivity index (χ0n) is 12.6. The lowest BCUT2D eigenvalue weighted by Gasteiger charge is -2.43. The summed E-state index contributed by atoms with van der Waals surface area (Å²) in [5, 5.41) is 0. The van der Waals surface area contributed by atoms with Crippen molar-refractivity contribution in [3.63, 3.8) is 0 Å². The second-order valence-electron chi connectivity index (χ2n) is 7.38. The Bertz CT molecular complexity index is 232. The van der Waals surface area contributed by atoms with Gasteiger partial charge in [-0.25, -0.2) is 0 Å². The third-order valence-corrected chi connectivity index (χ3v) is 4.34. The number of hydrogen-bond donors (Lipinski definition) is 1. The van der Waals surface area contributed by atoms with Crippen molar-refractivity contribution in [3.05, 3.63) is 0 Å². The van der Waals surface area contributed by atoms with Crippen molar-refractivity contribution < 1.29 is 0 Å². The molecule has 1 aliphatic rings. The molecule has 1 saturated carbocycles. The van der Waals surface area contributed by atoms with Gasteiger partial charge in [0.05, 0.1) is 0 Å². The van der Waals surface area contributed by atoms with Gasteiger partial charge in [0.2, 0.25) is 0 Å². The summed E-state index contributed by atoms with van der Waals surface area (Å²) in [6.07, 6.45) is 6.61. The Labute approximate surface area is 108 Å². The van der Waals surface area contributed by atoms with Crippen molar-refractivity contribution in [2.45, 2.75) is 65.3 Å². The van der Waals surface area contributed by atoms with Gasteiger partial charge in [0.15, 0.2) is 0 Å². The fraction of sp³-hybridized carbons (Fsp3) is 1.00. The van der Waals surface area contributed by atoms with E-state index < -0.39 is 0 Å². The second kappa shape index (κ2) is 5.71. The molecule has 0 bridgehead atoms. The van der Waals surface area contributed by atoms with E-state index in [-0.39, 0.29) is 5.54 Å². The van der Waals surface area contributed by atoms with E-state index in [9.17, 15) is 0 Å². The molecular formula is C15H32N2. The van der Waals surface area contributed by atoms with E-state index in [0.717, 1.165) is 19.0 Å². The van der Waals surface area contributed by atoms with Crippen molar-refractivity contribution >= 4 is 0 Å². The monoisotopic (exact) mass is 240 g/mol. The molecule has 0 heterocycles. The highest BCUT2D eigenvalue weighted by molar-refractivity contribution is 4.93. The van der Waals surface area contributed by atoms with Crippen LogP contribution in [0.2, 0.25) is 0 Å². The summed E-state index contributed by atoms with van der Waals surface area (Å²) < 4.78 is 0. The minimum absolute atomic E-state index is 0.262. The van der Waals surface area contributed by atoms with Gasteiger partial charge >= 0.3 is 0 Å². The highest BCUT2D eigenvalue weighted by atomic mass is 15.2. The van der Waals surface area contributed by atoms with E-state index in [1.165, 1.54) is 32.1 Å². The molecule has 0 aliphatic heterocycles. The molecule has 2 nitrogen and oxygen atoms in total. The lowest BCUT2D eigenvalue weighted by atomic mass is 9.85. The van der Waals surface area contributed by atoms with Crippen LogP contribution in [0.25, 0.3) is 0 Å². The lowest BCUT2D eigenvalue weighted by Crippen LogP contribution is -2.54. The molecule has 17 heavy (non-hydrogen) atoms. The first kappa shape index (κ1) is 15.0. The molecule has 2 N–H and O–H groups in total. The smallest absolute Gasteiger partial charge is 0.0329 e. The predicted octanol–water partition coefficient (Wildman–Crippen LogP) is 3.26. The van der Waals surface area contributed by atoms with Crippen LogP contribution in [-0.2, 0) is 0 Å². The zero-order chi connectivity index (χ0) is 13.1. The van der Waals surface area contributed by atoms with E-state index in [0.29, 0.717) is 5.41 Å². The first-order chi connectivity index (χ1) is 7.79. The molecule has 1 aliphatic carbocycles. The fourth-order valence-corrected chi connectivity index (χ4v) is 3.18. The average molecular weight is 240 g/mol. The topological polar surface area (TPSA) is 29.3 Å². The summed E-state index contributed by atoms with van der Waals surface area (Å²) >= 11 is 0. The summed E-state index contributed by atoms with van der Waals surface area (Å²) in [5.41, 5.74) is 6.75. The molecular weight excluding hydrogens is 208 g/mol. The molecule has 2 heteroatoms. The van der Waals surface area contributed by atoms with E-state index in [1.54, 1.807) is 0 Å². The van der Waals surface area contributed by atoms with Crippen LogP contribution in [0.3, 0.4) is 0 Å². The summed E-state index contributed by atoms with van der Waals surface area (Å²) in [5.74, 6) is 0.881. The van der Waals surface area contributed by atoms with Crippen molar-refractivity contribution in [2.75, 3.05) is 20.1 Å². The van der Waals surface area contributed by atoms with Gasteiger partial charge in [-0.15, -0.1) is 0 Å². The second-order valence-corrected chi connectivity index (χ2v) is 7.38. The van der Waals surface area contributed by atoms with Crippen molar-refractivity contribution in [2.24, 2.45) is 17.1 Å². The van der Waals surface area contributed by atoms with Gasteiger partial charge in [-0.05, 0) is 37.6 Å². The van der Waals surface area contributed by atoms with Crippen molar-refractivity contribution in [1.82, 2.24) is 4.90 Å². The van der Waals surface area contributed by atoms with Crippen LogP contribution in [0.15, 0.2) is 0 Å². The first-order valence-electron chi connectivity index (χ1n) is 7.20. The predicted molar refractivity (Wildman–Crippen MR) is 76.1 cm³/mol. The highest BCUT2D eigenvalue weighted by Crippen LogP contribution is 2.34. The third-order valence-electron chi connectivity index (χ3n) is 4.34. The number of nitrogens with two attached hydrogens (primary N) is 1. The van der Waals surface area contributed by atoms with Gasteiger partial charge < -0.3 is 5.73 Å². The molecule has 0 amide bonds. The number of likely N-dealkylation sites (N-methyl/N-ethyl adjacent to an activating group) is 1. The lowest BCUT2D eigenvalue weighted by molar-refractivity contribution is 0.0715. The maximum atomic E-state index is 6.13. The zero-order valence-corrected chi connectivity index (χ0v) is 12.6. The Morgan fingerprint density at radius 2 is 1.88 bits per heavy atom. The molecule has 0 radical (unpaired) electrons. The van der Waals surface area contributed by atoms with Crippen LogP contribution in [-0.4, -0.2) is 30.6 Å². The van der Waals surface area contributed by atoms with Crippen molar-refractivity contribution in [3.8, 4) is 0 Å². The Kier molecular flexibility index (Phi) is 5.03. The number of hydrogen-bond acceptors (Lipinski definition) is 2. The summed E-state index contributed by atoms with van der Waals surface area (Å²) in [6, 6.07) is 0. The van der Waals surface area contributed by atoms with E-state index >= 15 is 0 Å². The standard InChI is InChI=1S/C15H32N2/c1-13-7-6-9-15(11-16,10-8-13)17(5)12-14(2,3)4/h13H,6-12,16H2,1-5H3. The van der Waals surface area contributed by atoms with Crippen LogP contribution in [0.1, 0.15) is 59.8 Å². The fourth-order valence-electron chi connectivity index (χ4n) is 3.18. The summed E-state index contributed by atoms with van der Waals surface area (Å²) in [4.78, 5) is 2.55. The maximum absolute atomic E-state index is 6.13. The number of nitrogens with zero attached hydrogens (tertiary/aromatic N) is 1. The van der Waals surface area contributed by atoms with Crippen LogP contribution in [0.5, 0.6) is 0 Å². The van der Waals surface area contributed by atoms with Gasteiger partial charge in [0.25, 0.3) is 0 Å². The quantitative estimate of drug-likeness (QED) is 0.767. The molecule has 0 spiro atoms. The van der Waals surface area contributed by atoms with Gasteiger partial charge in [-0.3, -0.25) is 4.90 Å². The summed E-state index contributed by atoms with van der Waals surface area (Å²) in [7, 11) is 2.27. The van der Waals surface area contributed by atoms with Crippen LogP contribution < -0.4 is 5.73 Å². The van der Waals surface area contributed by atoms with Gasteiger partial charge in [0, 0.05) is 18.6 Å². The molecule has 0 saturated heterocycles. The number of rotatable bonds is 3. The van der Waals surface area contributed by atoms with Crippen molar-refractivity contribution in [1.29, 1.82) is 0 Å². The Morgan fingerprint density at radius 3 is 2.41 bits per heavy atom. The SMILES string of the molecule is CC1CCCC(CN)(N(C)CC(C)(C)C)CC1. The molecule has 0 aromatic heterocycles. The van der Waals surface area contributed by atoms with Gasteiger partial charge in [-0.2, -0.15) is 0 Å². The normalized spacial score (nSPS) is 31.6. The Hall–Kier alpha value is -0.0800. The van der Waals surface area contributed by atoms with E-state index in [1.807, 2.05) is 0 Å². The van der Waals surface area contributed by atoms with E-state index in [2.05, 4.69) is 39.6 Å². The van der Waals surface area contributed by atoms with E-state index in [4.69, 9.17) is 5.73 Å². The van der Waals surface area contributed by atoms with Crippen LogP contribution in [0, 0.1) is 11.3 Å². The van der Waals surface area contributed by atoms with Gasteiger partial charge in [0.1, 0.15) is 0 Å². The maximum Gasteiger partial charge on any atom is 0.0329 e. The molecule has 0 aromatic carbocycles. The Balaban J connectivity index is 2.72. The minimum Gasteiger partial charge on any atom is -0.329 e. The van der Waals surface area contributed by atoms with Gasteiger partial charge in [-0.1, -0.05) is 40.5 Å². The Morgan fingerprint density at radius 1 is 1.24 bits per heavy atom. The minimum atomic E-state index is 0.262. The third kappa shape index (κ3) is 4.26. The summed E-state index contributed by atoms with van der Waals surface area (Å²) in [6.45, 7) is 11.3. The molecule has 0 aromatic rings. The molecule has 2 atom stereocenters. The average Bonchev–Trinajstić information content (AvgIpc) is 2.38. The highest BCUT2D eigenvalue weighted by Gasteiger charge is 2.36. The van der Waals surface area contributed by atoms with Crippen LogP contribution >= 0.6 is 0 Å². The first-order valence-corrected chi connectivity index (χ1v) is 7.20. The molecule has 1 rings (SSSR count). The largest absolute Gasteiger partial charge is 0.329 e. The van der Waals surface area contributed by atoms with Crippen LogP contribution in [0.4, 0.5) is 0 Å².